The van der Waals surface area contributed by atoms with Gasteiger partial charge in [0.05, 0.1) is 11.2 Å². The highest BCUT2D eigenvalue weighted by Gasteiger charge is 2.57. The summed E-state index contributed by atoms with van der Waals surface area (Å²) in [6.45, 7) is 6.93. The molecule has 0 bridgehead atoms. The summed E-state index contributed by atoms with van der Waals surface area (Å²) in [6.07, 6.45) is 0.761. The number of aliphatic carboxylic acids is 1. The number of alkyl halides is 3. The van der Waals surface area contributed by atoms with Crippen molar-refractivity contribution in [3.8, 4) is 18.1 Å². The van der Waals surface area contributed by atoms with Crippen molar-refractivity contribution < 1.29 is 37.3 Å². The number of aryl methyl sites for hydroxylation is 1. The topological polar surface area (TPSA) is 76.1 Å². The van der Waals surface area contributed by atoms with Gasteiger partial charge in [-0.1, -0.05) is 0 Å². The first-order chi connectivity index (χ1) is 14.0. The minimum atomic E-state index is -4.51. The lowest BCUT2D eigenvalue weighted by atomic mass is 9.73. The number of carbonyl (C=O) groups excluding carboxylic acids is 1. The maximum absolute atomic E-state index is 12.8. The molecule has 1 aromatic rings. The zero-order valence-corrected chi connectivity index (χ0v) is 18.1. The van der Waals surface area contributed by atoms with Gasteiger partial charge in [0.15, 0.2) is 12.1 Å². The predicted molar refractivity (Wildman–Crippen MR) is 108 cm³/mol. The first-order valence-corrected chi connectivity index (χ1v) is 9.57. The quantitative estimate of drug-likeness (QED) is 0.697. The monoisotopic (exact) mass is 441 g/mol. The summed E-state index contributed by atoms with van der Waals surface area (Å²) in [7, 11) is 0. The molecule has 0 atom stereocenters. The molecule has 170 valence electrons. The minimum absolute atomic E-state index is 0.0359. The highest BCUT2D eigenvalue weighted by Crippen LogP contribution is 2.46. The van der Waals surface area contributed by atoms with Crippen molar-refractivity contribution >= 4 is 17.6 Å². The Balaban J connectivity index is 2.59. The van der Waals surface area contributed by atoms with Crippen LogP contribution in [0.1, 0.15) is 46.1 Å². The smallest absolute Gasteiger partial charge is 0.422 e. The number of hydrogen-bond donors (Lipinski definition) is 1. The second kappa shape index (κ2) is 8.08. The number of rotatable bonds is 5. The largest absolute Gasteiger partial charge is 0.484 e. The van der Waals surface area contributed by atoms with Crippen LogP contribution in [0.4, 0.5) is 18.9 Å². The van der Waals surface area contributed by atoms with Crippen LogP contribution in [-0.2, 0) is 14.3 Å². The van der Waals surface area contributed by atoms with Crippen LogP contribution < -0.4 is 9.64 Å². The van der Waals surface area contributed by atoms with E-state index in [1.807, 2.05) is 5.92 Å². The summed E-state index contributed by atoms with van der Waals surface area (Å²) >= 11 is 0. The van der Waals surface area contributed by atoms with Crippen LogP contribution in [0.15, 0.2) is 18.2 Å². The number of anilines is 1. The number of nitrogens with zero attached hydrogens (tertiary/aromatic N) is 1. The average molecular weight is 441 g/mol. The van der Waals surface area contributed by atoms with Gasteiger partial charge in [-0.3, -0.25) is 9.69 Å². The van der Waals surface area contributed by atoms with Gasteiger partial charge in [-0.25, -0.2) is 4.79 Å². The predicted octanol–water partition coefficient (Wildman–Crippen LogP) is 4.09. The summed E-state index contributed by atoms with van der Waals surface area (Å²) in [5, 5.41) is 10.3. The molecule has 1 amide bonds. The van der Waals surface area contributed by atoms with E-state index in [9.17, 15) is 27.9 Å². The molecule has 1 aliphatic heterocycles. The lowest BCUT2D eigenvalue weighted by Crippen LogP contribution is -2.67. The average Bonchev–Trinajstić information content (AvgIpc) is 2.57. The molecule has 1 heterocycles. The van der Waals surface area contributed by atoms with E-state index in [2.05, 4.69) is 0 Å². The molecule has 0 radical (unpaired) electrons. The molecule has 0 saturated carbocycles. The van der Waals surface area contributed by atoms with Gasteiger partial charge in [0.1, 0.15) is 5.75 Å². The first-order valence-electron chi connectivity index (χ1n) is 9.57. The Hall–Kier alpha value is -2.73. The molecule has 0 aliphatic carbocycles. The lowest BCUT2D eigenvalue weighted by Gasteiger charge is -2.53. The van der Waals surface area contributed by atoms with Crippen LogP contribution in [0.2, 0.25) is 0 Å². The fourth-order valence-electron chi connectivity index (χ4n) is 4.41. The standard InChI is InChI=1S/C22H26F3NO5/c1-7-17(27)26(15-8-9-16(14(2)10-15)30-13-22(23,24)25)21(18(28)29)11-19(3,4)31-20(5,6)12-21/h1,8-10H,11-13H2,2-6H3,(H,28,29). The Labute approximate surface area is 179 Å². The van der Waals surface area contributed by atoms with Crippen LogP contribution in [0.25, 0.3) is 0 Å². The second-order valence-electron chi connectivity index (χ2n) is 8.95. The molecule has 0 aromatic heterocycles. The van der Waals surface area contributed by atoms with E-state index in [0.29, 0.717) is 5.56 Å². The van der Waals surface area contributed by atoms with Crippen LogP contribution >= 0.6 is 0 Å². The molecule has 0 spiro atoms. The number of terminal acetylenes is 1. The Bertz CT molecular complexity index is 899. The van der Waals surface area contributed by atoms with Crippen LogP contribution in [0.5, 0.6) is 5.75 Å². The van der Waals surface area contributed by atoms with Crippen LogP contribution in [0, 0.1) is 19.3 Å². The highest BCUT2D eigenvalue weighted by atomic mass is 19.4. The third-order valence-electron chi connectivity index (χ3n) is 4.95. The maximum atomic E-state index is 12.8. The fourth-order valence-corrected chi connectivity index (χ4v) is 4.41. The highest BCUT2D eigenvalue weighted by molar-refractivity contribution is 6.10. The third-order valence-corrected chi connectivity index (χ3v) is 4.95. The summed E-state index contributed by atoms with van der Waals surface area (Å²) in [5.74, 6) is -0.189. The number of halogens is 3. The van der Waals surface area contributed by atoms with Crippen molar-refractivity contribution in [2.75, 3.05) is 11.5 Å². The van der Waals surface area contributed by atoms with Crippen molar-refractivity contribution in [2.45, 2.75) is 70.4 Å². The molecular weight excluding hydrogens is 415 g/mol. The maximum Gasteiger partial charge on any atom is 0.422 e. The molecule has 1 fully saturated rings. The number of carbonyl (C=O) groups is 2. The number of carboxylic acid groups (broad SMARTS) is 1. The number of hydrogen-bond acceptors (Lipinski definition) is 4. The van der Waals surface area contributed by atoms with Crippen LogP contribution in [0.3, 0.4) is 0 Å². The Morgan fingerprint density at radius 2 is 1.77 bits per heavy atom. The van der Waals surface area contributed by atoms with Gasteiger partial charge < -0.3 is 14.6 Å². The van der Waals surface area contributed by atoms with E-state index < -0.39 is 41.4 Å². The van der Waals surface area contributed by atoms with Gasteiger partial charge in [0, 0.05) is 18.5 Å². The van der Waals surface area contributed by atoms with E-state index in [1.165, 1.54) is 25.1 Å². The first kappa shape index (κ1) is 24.5. The van der Waals surface area contributed by atoms with Crippen molar-refractivity contribution in [1.29, 1.82) is 0 Å². The Morgan fingerprint density at radius 1 is 1.23 bits per heavy atom. The van der Waals surface area contributed by atoms with Crippen molar-refractivity contribution in [3.63, 3.8) is 0 Å². The van der Waals surface area contributed by atoms with Crippen molar-refractivity contribution in [3.05, 3.63) is 23.8 Å². The summed E-state index contributed by atoms with van der Waals surface area (Å²) in [4.78, 5) is 26.4. The fraction of sp³-hybridized carbons (Fsp3) is 0.545. The lowest BCUT2D eigenvalue weighted by molar-refractivity contribution is -0.191. The van der Waals surface area contributed by atoms with Gasteiger partial charge >= 0.3 is 18.1 Å². The number of carboxylic acids is 1. The summed E-state index contributed by atoms with van der Waals surface area (Å²) in [6, 6.07) is 3.98. The van der Waals surface area contributed by atoms with E-state index in [4.69, 9.17) is 15.9 Å². The molecule has 6 nitrogen and oxygen atoms in total. The second-order valence-corrected chi connectivity index (χ2v) is 8.95. The van der Waals surface area contributed by atoms with Gasteiger partial charge in [-0.2, -0.15) is 13.2 Å². The molecular formula is C22H26F3NO5. The number of benzene rings is 1. The van der Waals surface area contributed by atoms with Crippen molar-refractivity contribution in [2.24, 2.45) is 0 Å². The van der Waals surface area contributed by atoms with E-state index >= 15 is 0 Å². The molecule has 1 aliphatic rings. The SMILES string of the molecule is C#CC(=O)N(c1ccc(OCC(F)(F)F)c(C)c1)C1(C(=O)O)CC(C)(C)OC(C)(C)C1. The minimum Gasteiger partial charge on any atom is -0.484 e. The van der Waals surface area contributed by atoms with Gasteiger partial charge in [-0.15, -0.1) is 6.42 Å². The van der Waals surface area contributed by atoms with E-state index in [0.717, 1.165) is 4.90 Å². The third kappa shape index (κ3) is 5.50. The summed E-state index contributed by atoms with van der Waals surface area (Å²) in [5.41, 5.74) is -3.07. The Kier molecular flexibility index (Phi) is 6.39. The zero-order chi connectivity index (χ0) is 23.8. The van der Waals surface area contributed by atoms with E-state index in [1.54, 1.807) is 27.7 Å². The number of ether oxygens (including phenoxy) is 2. The summed E-state index contributed by atoms with van der Waals surface area (Å²) < 4.78 is 48.2. The molecule has 1 N–H and O–H groups in total. The van der Waals surface area contributed by atoms with Gasteiger partial charge in [0.2, 0.25) is 0 Å². The molecule has 31 heavy (non-hydrogen) atoms. The molecule has 9 heteroatoms. The molecule has 0 unspecified atom stereocenters. The van der Waals surface area contributed by atoms with Crippen LogP contribution in [-0.4, -0.2) is 46.5 Å². The zero-order valence-electron chi connectivity index (χ0n) is 18.1. The molecule has 2 rings (SSSR count). The Morgan fingerprint density at radius 3 is 2.19 bits per heavy atom. The van der Waals surface area contributed by atoms with Gasteiger partial charge in [0.25, 0.3) is 0 Å². The molecule has 1 aromatic carbocycles. The van der Waals surface area contributed by atoms with Crippen molar-refractivity contribution in [1.82, 2.24) is 0 Å². The number of amides is 1. The van der Waals surface area contributed by atoms with Gasteiger partial charge in [-0.05, 0) is 64.3 Å². The normalized spacial score (nSPS) is 19.2. The molecule has 1 saturated heterocycles. The van der Waals surface area contributed by atoms with E-state index in [-0.39, 0.29) is 24.3 Å².